The van der Waals surface area contributed by atoms with Crippen molar-refractivity contribution in [3.8, 4) is 11.5 Å². The van der Waals surface area contributed by atoms with Crippen LogP contribution in [-0.2, 0) is 5.41 Å². The third kappa shape index (κ3) is 2.18. The summed E-state index contributed by atoms with van der Waals surface area (Å²) >= 11 is 0. The molecule has 2 unspecified atom stereocenters. The van der Waals surface area contributed by atoms with Crippen LogP contribution in [0, 0.1) is 0 Å². The quantitative estimate of drug-likeness (QED) is 0.929. The standard InChI is InChI=1S/C17H23NO3/c1-18-9-8-17(7-6-13(19)11-16(17)18)12-4-5-14(20-2)15(10-12)21-3/h4-5,10-11,16,19H,6-9H2,1-3H3. The summed E-state index contributed by atoms with van der Waals surface area (Å²) in [5.41, 5.74) is 1.35. The molecule has 1 aromatic rings. The summed E-state index contributed by atoms with van der Waals surface area (Å²) in [5.74, 6) is 2.05. The first kappa shape index (κ1) is 14.3. The van der Waals surface area contributed by atoms with Crippen LogP contribution in [-0.4, -0.2) is 43.9 Å². The SMILES string of the molecule is COc1ccc(C23CCC(O)=CC2N(C)CC3)cc1OC. The third-order valence-corrected chi connectivity index (χ3v) is 5.09. The summed E-state index contributed by atoms with van der Waals surface area (Å²) in [5, 5.41) is 9.91. The molecule has 0 amide bonds. The van der Waals surface area contributed by atoms with Crippen LogP contribution < -0.4 is 9.47 Å². The first-order valence-corrected chi connectivity index (χ1v) is 7.43. The molecule has 0 saturated carbocycles. The van der Waals surface area contributed by atoms with Crippen molar-refractivity contribution < 1.29 is 14.6 Å². The van der Waals surface area contributed by atoms with Gasteiger partial charge in [-0.15, -0.1) is 0 Å². The Bertz CT molecular complexity index is 569. The first-order valence-electron chi connectivity index (χ1n) is 7.43. The number of likely N-dealkylation sites (N-methyl/N-ethyl adjacent to an activating group) is 1. The average Bonchev–Trinajstić information content (AvgIpc) is 2.85. The van der Waals surface area contributed by atoms with E-state index in [1.54, 1.807) is 14.2 Å². The number of benzene rings is 1. The predicted molar refractivity (Wildman–Crippen MR) is 82.2 cm³/mol. The Kier molecular flexibility index (Phi) is 3.57. The molecule has 1 heterocycles. The molecule has 4 nitrogen and oxygen atoms in total. The molecule has 1 aliphatic carbocycles. The minimum atomic E-state index is 0.0700. The molecule has 1 N–H and O–H groups in total. The van der Waals surface area contributed by atoms with Gasteiger partial charge in [-0.25, -0.2) is 0 Å². The maximum atomic E-state index is 9.91. The fourth-order valence-electron chi connectivity index (χ4n) is 3.87. The molecule has 21 heavy (non-hydrogen) atoms. The molecule has 0 bridgehead atoms. The summed E-state index contributed by atoms with van der Waals surface area (Å²) < 4.78 is 10.8. The van der Waals surface area contributed by atoms with Gasteiger partial charge >= 0.3 is 0 Å². The van der Waals surface area contributed by atoms with Gasteiger partial charge in [0.2, 0.25) is 0 Å². The third-order valence-electron chi connectivity index (χ3n) is 5.09. The number of ether oxygens (including phenoxy) is 2. The molecule has 0 spiro atoms. The summed E-state index contributed by atoms with van der Waals surface area (Å²) in [6.07, 6.45) is 4.85. The normalized spacial score (nSPS) is 28.9. The number of allylic oxidation sites excluding steroid dienone is 1. The topological polar surface area (TPSA) is 41.9 Å². The van der Waals surface area contributed by atoms with Crippen molar-refractivity contribution in [1.82, 2.24) is 4.90 Å². The summed E-state index contributed by atoms with van der Waals surface area (Å²) in [6.45, 7) is 1.04. The number of nitrogens with zero attached hydrogens (tertiary/aromatic N) is 1. The van der Waals surface area contributed by atoms with Gasteiger partial charge in [0.1, 0.15) is 0 Å². The van der Waals surface area contributed by atoms with E-state index < -0.39 is 0 Å². The van der Waals surface area contributed by atoms with Crippen molar-refractivity contribution in [2.75, 3.05) is 27.8 Å². The second-order valence-corrected chi connectivity index (χ2v) is 6.06. The van der Waals surface area contributed by atoms with Crippen LogP contribution in [0.2, 0.25) is 0 Å². The van der Waals surface area contributed by atoms with Crippen LogP contribution in [0.1, 0.15) is 24.8 Å². The molecular formula is C17H23NO3. The van der Waals surface area contributed by atoms with E-state index in [4.69, 9.17) is 9.47 Å². The van der Waals surface area contributed by atoms with E-state index in [2.05, 4.69) is 24.1 Å². The molecule has 4 heteroatoms. The second-order valence-electron chi connectivity index (χ2n) is 6.06. The molecule has 1 saturated heterocycles. The maximum Gasteiger partial charge on any atom is 0.161 e. The lowest BCUT2D eigenvalue weighted by atomic mass is 9.68. The van der Waals surface area contributed by atoms with Gasteiger partial charge in [0.05, 0.1) is 20.0 Å². The highest BCUT2D eigenvalue weighted by Gasteiger charge is 2.48. The van der Waals surface area contributed by atoms with Gasteiger partial charge in [0, 0.05) is 17.9 Å². The smallest absolute Gasteiger partial charge is 0.161 e. The van der Waals surface area contributed by atoms with Crippen molar-refractivity contribution >= 4 is 0 Å². The van der Waals surface area contributed by atoms with Crippen LogP contribution in [0.3, 0.4) is 0 Å². The Hall–Kier alpha value is -1.68. The van der Waals surface area contributed by atoms with E-state index in [0.29, 0.717) is 5.76 Å². The van der Waals surface area contributed by atoms with Crippen molar-refractivity contribution in [3.63, 3.8) is 0 Å². The van der Waals surface area contributed by atoms with Gasteiger partial charge in [-0.05, 0) is 50.2 Å². The van der Waals surface area contributed by atoms with Crippen LogP contribution in [0.15, 0.2) is 30.0 Å². The molecule has 1 aliphatic heterocycles. The van der Waals surface area contributed by atoms with E-state index in [-0.39, 0.29) is 11.5 Å². The van der Waals surface area contributed by atoms with Crippen LogP contribution >= 0.6 is 0 Å². The van der Waals surface area contributed by atoms with Gasteiger partial charge < -0.3 is 14.6 Å². The van der Waals surface area contributed by atoms with Crippen LogP contribution in [0.5, 0.6) is 11.5 Å². The lowest BCUT2D eigenvalue weighted by Gasteiger charge is -2.39. The van der Waals surface area contributed by atoms with Crippen molar-refractivity contribution in [1.29, 1.82) is 0 Å². The van der Waals surface area contributed by atoms with E-state index in [1.807, 2.05) is 12.1 Å². The van der Waals surface area contributed by atoms with Gasteiger partial charge in [-0.1, -0.05) is 6.07 Å². The zero-order valence-electron chi connectivity index (χ0n) is 12.9. The average molecular weight is 289 g/mol. The Balaban J connectivity index is 2.06. The van der Waals surface area contributed by atoms with E-state index in [9.17, 15) is 5.11 Å². The van der Waals surface area contributed by atoms with E-state index in [0.717, 1.165) is 37.3 Å². The highest BCUT2D eigenvalue weighted by molar-refractivity contribution is 5.47. The highest BCUT2D eigenvalue weighted by Crippen LogP contribution is 2.48. The Labute approximate surface area is 126 Å². The van der Waals surface area contributed by atoms with Gasteiger partial charge in [0.25, 0.3) is 0 Å². The molecule has 1 fully saturated rings. The zero-order chi connectivity index (χ0) is 15.0. The van der Waals surface area contributed by atoms with Gasteiger partial charge in [0.15, 0.2) is 11.5 Å². The highest BCUT2D eigenvalue weighted by atomic mass is 16.5. The summed E-state index contributed by atoms with van der Waals surface area (Å²) in [6, 6.07) is 6.48. The number of hydrogen-bond donors (Lipinski definition) is 1. The molecule has 0 radical (unpaired) electrons. The lowest BCUT2D eigenvalue weighted by molar-refractivity contribution is 0.236. The number of fused-ring (bicyclic) bond motifs is 1. The summed E-state index contributed by atoms with van der Waals surface area (Å²) in [4.78, 5) is 2.33. The minimum absolute atomic E-state index is 0.0700. The maximum absolute atomic E-state index is 9.91. The number of aliphatic hydroxyl groups excluding tert-OH is 1. The molecule has 2 atom stereocenters. The molecule has 1 aromatic carbocycles. The summed E-state index contributed by atoms with van der Waals surface area (Å²) in [7, 11) is 5.45. The predicted octanol–water partition coefficient (Wildman–Crippen LogP) is 2.88. The fraction of sp³-hybridized carbons (Fsp3) is 0.529. The number of likely N-dealkylation sites (tertiary alicyclic amines) is 1. The van der Waals surface area contributed by atoms with Crippen LogP contribution in [0.25, 0.3) is 0 Å². The molecular weight excluding hydrogens is 266 g/mol. The molecule has 2 aliphatic rings. The lowest BCUT2D eigenvalue weighted by Crippen LogP contribution is -2.42. The largest absolute Gasteiger partial charge is 0.513 e. The van der Waals surface area contributed by atoms with Crippen molar-refractivity contribution in [2.45, 2.75) is 30.7 Å². The second kappa shape index (κ2) is 5.26. The molecule has 114 valence electrons. The molecule has 0 aromatic heterocycles. The van der Waals surface area contributed by atoms with E-state index >= 15 is 0 Å². The zero-order valence-corrected chi connectivity index (χ0v) is 12.9. The van der Waals surface area contributed by atoms with Crippen LogP contribution in [0.4, 0.5) is 0 Å². The fourth-order valence-corrected chi connectivity index (χ4v) is 3.87. The number of rotatable bonds is 3. The number of hydrogen-bond acceptors (Lipinski definition) is 4. The Morgan fingerprint density at radius 2 is 1.95 bits per heavy atom. The monoisotopic (exact) mass is 289 g/mol. The Morgan fingerprint density at radius 3 is 2.67 bits per heavy atom. The number of aliphatic hydroxyl groups is 1. The minimum Gasteiger partial charge on any atom is -0.513 e. The van der Waals surface area contributed by atoms with Gasteiger partial charge in [-0.2, -0.15) is 0 Å². The van der Waals surface area contributed by atoms with Gasteiger partial charge in [-0.3, -0.25) is 4.90 Å². The first-order chi connectivity index (χ1) is 10.1. The van der Waals surface area contributed by atoms with Crippen molar-refractivity contribution in [3.05, 3.63) is 35.6 Å². The Morgan fingerprint density at radius 1 is 1.19 bits per heavy atom. The van der Waals surface area contributed by atoms with E-state index in [1.165, 1.54) is 5.56 Å². The molecule has 3 rings (SSSR count). The van der Waals surface area contributed by atoms with Crippen molar-refractivity contribution in [2.24, 2.45) is 0 Å². The number of methoxy groups -OCH3 is 2.